The molecule has 1 atom stereocenters. The third-order valence-electron chi connectivity index (χ3n) is 4.91. The monoisotopic (exact) mass is 444 g/mol. The summed E-state index contributed by atoms with van der Waals surface area (Å²) >= 11 is 14.4. The number of halogens is 2. The van der Waals surface area contributed by atoms with Crippen LogP contribution >= 0.6 is 35.0 Å². The molecule has 0 fully saturated rings. The average molecular weight is 445 g/mol. The maximum Gasteiger partial charge on any atom is 0.173 e. The minimum atomic E-state index is -0.345. The fourth-order valence-electron chi connectivity index (χ4n) is 3.66. The van der Waals surface area contributed by atoms with Crippen molar-refractivity contribution in [1.82, 2.24) is 4.90 Å². The van der Waals surface area contributed by atoms with Gasteiger partial charge in [0.15, 0.2) is 11.0 Å². The molecule has 4 nitrogen and oxygen atoms in total. The van der Waals surface area contributed by atoms with Crippen molar-refractivity contribution in [2.75, 3.05) is 7.11 Å². The van der Waals surface area contributed by atoms with Crippen LogP contribution in [0.1, 0.15) is 31.0 Å². The number of Topliss-reactive ketones (excluding diaryl/α,β-unsaturated/α-hetero) is 1. The number of amidine groups is 1. The second-order valence-corrected chi connectivity index (χ2v) is 8.52. The molecule has 1 unspecified atom stereocenters. The summed E-state index contributed by atoms with van der Waals surface area (Å²) in [6.45, 7) is 3.44. The first kappa shape index (κ1) is 20.1. The largest absolute Gasteiger partial charge is 0.496 e. The number of hydrogen-bond donors (Lipinski definition) is 0. The summed E-state index contributed by atoms with van der Waals surface area (Å²) in [7, 11) is 1.63. The molecule has 2 aromatic carbocycles. The Morgan fingerprint density at radius 2 is 1.83 bits per heavy atom. The van der Waals surface area contributed by atoms with Crippen LogP contribution in [-0.4, -0.2) is 23.0 Å². The Balaban J connectivity index is 1.89. The SMILES string of the molecule is COc1ccccc1C1C(C(C)=O)=C(C)N=C2SC(c3c(Cl)cccc3Cl)=CN21. The van der Waals surface area contributed by atoms with Gasteiger partial charge in [0.2, 0.25) is 0 Å². The maximum absolute atomic E-state index is 12.6. The molecule has 0 aliphatic carbocycles. The van der Waals surface area contributed by atoms with E-state index < -0.39 is 0 Å². The van der Waals surface area contributed by atoms with E-state index in [9.17, 15) is 4.79 Å². The zero-order valence-electron chi connectivity index (χ0n) is 16.1. The maximum atomic E-state index is 12.6. The summed E-state index contributed by atoms with van der Waals surface area (Å²) in [5.41, 5.74) is 3.00. The minimum absolute atomic E-state index is 0.0242. The van der Waals surface area contributed by atoms with Gasteiger partial charge < -0.3 is 9.64 Å². The van der Waals surface area contributed by atoms with Gasteiger partial charge in [-0.25, -0.2) is 4.99 Å². The molecule has 148 valence electrons. The van der Waals surface area contributed by atoms with E-state index in [2.05, 4.69) is 0 Å². The number of hydrogen-bond acceptors (Lipinski definition) is 5. The van der Waals surface area contributed by atoms with Crippen LogP contribution in [-0.2, 0) is 4.79 Å². The van der Waals surface area contributed by atoms with E-state index in [4.69, 9.17) is 32.9 Å². The van der Waals surface area contributed by atoms with Crippen molar-refractivity contribution in [3.63, 3.8) is 0 Å². The summed E-state index contributed by atoms with van der Waals surface area (Å²) < 4.78 is 5.59. The van der Waals surface area contributed by atoms with Crippen molar-refractivity contribution in [3.8, 4) is 5.75 Å². The van der Waals surface area contributed by atoms with Crippen molar-refractivity contribution >= 4 is 50.8 Å². The fraction of sp³-hybridized carbons (Fsp3) is 0.182. The number of benzene rings is 2. The predicted molar refractivity (Wildman–Crippen MR) is 120 cm³/mol. The molecular formula is C22H18Cl2N2O2S. The molecule has 0 bridgehead atoms. The van der Waals surface area contributed by atoms with Crippen LogP contribution < -0.4 is 4.74 Å². The number of ketones is 1. The van der Waals surface area contributed by atoms with Crippen molar-refractivity contribution in [2.45, 2.75) is 19.9 Å². The Bertz CT molecular complexity index is 1090. The lowest BCUT2D eigenvalue weighted by atomic mass is 9.91. The van der Waals surface area contributed by atoms with Gasteiger partial charge in [-0.05, 0) is 43.8 Å². The molecule has 0 radical (unpaired) electrons. The highest BCUT2D eigenvalue weighted by Crippen LogP contribution is 2.49. The summed E-state index contributed by atoms with van der Waals surface area (Å²) in [5, 5.41) is 1.92. The van der Waals surface area contributed by atoms with Gasteiger partial charge in [0.1, 0.15) is 5.75 Å². The summed E-state index contributed by atoms with van der Waals surface area (Å²) in [6, 6.07) is 12.8. The van der Waals surface area contributed by atoms with Crippen molar-refractivity contribution in [1.29, 1.82) is 0 Å². The molecule has 2 heterocycles. The number of carbonyl (C=O) groups excluding carboxylic acids is 1. The molecule has 0 amide bonds. The highest BCUT2D eigenvalue weighted by Gasteiger charge is 2.39. The number of allylic oxidation sites excluding steroid dienone is 1. The first-order valence-corrected chi connectivity index (χ1v) is 10.5. The van der Waals surface area contributed by atoms with Gasteiger partial charge in [-0.1, -0.05) is 47.5 Å². The highest BCUT2D eigenvalue weighted by atomic mass is 35.5. The van der Waals surface area contributed by atoms with Crippen LogP contribution in [0.25, 0.3) is 4.91 Å². The number of para-hydroxylation sites is 1. The molecule has 0 N–H and O–H groups in total. The van der Waals surface area contributed by atoms with Crippen molar-refractivity contribution < 1.29 is 9.53 Å². The van der Waals surface area contributed by atoms with Gasteiger partial charge in [0.25, 0.3) is 0 Å². The molecule has 2 aliphatic rings. The molecule has 4 rings (SSSR count). The lowest BCUT2D eigenvalue weighted by molar-refractivity contribution is -0.114. The normalized spacial score (nSPS) is 18.4. The first-order valence-electron chi connectivity index (χ1n) is 8.98. The first-order chi connectivity index (χ1) is 13.9. The Hall–Kier alpha value is -2.21. The van der Waals surface area contributed by atoms with E-state index in [-0.39, 0.29) is 11.8 Å². The van der Waals surface area contributed by atoms with Crippen LogP contribution in [0.5, 0.6) is 5.75 Å². The molecule has 2 aromatic rings. The smallest absolute Gasteiger partial charge is 0.173 e. The van der Waals surface area contributed by atoms with Gasteiger partial charge in [0.05, 0.1) is 23.2 Å². The van der Waals surface area contributed by atoms with Crippen LogP contribution in [0, 0.1) is 0 Å². The van der Waals surface area contributed by atoms with E-state index in [0.717, 1.165) is 21.2 Å². The summed E-state index contributed by atoms with van der Waals surface area (Å²) in [6.07, 6.45) is 1.96. The van der Waals surface area contributed by atoms with E-state index in [0.29, 0.717) is 27.1 Å². The lowest BCUT2D eigenvalue weighted by Crippen LogP contribution is -2.33. The second kappa shape index (κ2) is 7.90. The van der Waals surface area contributed by atoms with E-state index in [1.807, 2.05) is 60.5 Å². The van der Waals surface area contributed by atoms with Crippen LogP contribution in [0.3, 0.4) is 0 Å². The van der Waals surface area contributed by atoms with Gasteiger partial charge in [-0.15, -0.1) is 0 Å². The number of nitrogens with zero attached hydrogens (tertiary/aromatic N) is 2. The van der Waals surface area contributed by atoms with Gasteiger partial charge in [0, 0.05) is 33.5 Å². The van der Waals surface area contributed by atoms with Crippen LogP contribution in [0.4, 0.5) is 0 Å². The highest BCUT2D eigenvalue weighted by molar-refractivity contribution is 8.22. The summed E-state index contributed by atoms with van der Waals surface area (Å²) in [5.74, 6) is 0.691. The van der Waals surface area contributed by atoms with E-state index in [1.165, 1.54) is 11.8 Å². The molecule has 7 heteroatoms. The Morgan fingerprint density at radius 3 is 2.48 bits per heavy atom. The Morgan fingerprint density at radius 1 is 1.14 bits per heavy atom. The summed E-state index contributed by atoms with van der Waals surface area (Å²) in [4.78, 5) is 20.2. The predicted octanol–water partition coefficient (Wildman–Crippen LogP) is 6.32. The molecular weight excluding hydrogens is 427 g/mol. The van der Waals surface area contributed by atoms with Crippen LogP contribution in [0.2, 0.25) is 10.0 Å². The molecule has 29 heavy (non-hydrogen) atoms. The molecule has 0 aromatic heterocycles. The van der Waals surface area contributed by atoms with Gasteiger partial charge >= 0.3 is 0 Å². The topological polar surface area (TPSA) is 41.9 Å². The van der Waals surface area contributed by atoms with Gasteiger partial charge in [-0.3, -0.25) is 4.79 Å². The Labute approximate surface area is 183 Å². The molecule has 0 saturated carbocycles. The average Bonchev–Trinajstić information content (AvgIpc) is 3.09. The van der Waals surface area contributed by atoms with Crippen LogP contribution in [0.15, 0.2) is 64.9 Å². The number of ether oxygens (including phenoxy) is 1. The lowest BCUT2D eigenvalue weighted by Gasteiger charge is -2.34. The molecule has 2 aliphatic heterocycles. The standard InChI is InChI=1S/C22H18Cl2N2O2S/c1-12-19(13(2)27)21(14-7-4-5-10-17(14)28-3)26-11-18(29-22(26)25-12)20-15(23)8-6-9-16(20)24/h4-11,21H,1-3H3. The van der Waals surface area contributed by atoms with E-state index in [1.54, 1.807) is 14.0 Å². The van der Waals surface area contributed by atoms with E-state index >= 15 is 0 Å². The minimum Gasteiger partial charge on any atom is -0.496 e. The molecule has 0 saturated heterocycles. The third-order valence-corrected chi connectivity index (χ3v) is 6.55. The Kier molecular flexibility index (Phi) is 5.47. The molecule has 0 spiro atoms. The van der Waals surface area contributed by atoms with Crippen molar-refractivity contribution in [3.05, 3.63) is 81.1 Å². The van der Waals surface area contributed by atoms with Gasteiger partial charge in [-0.2, -0.15) is 0 Å². The fourth-order valence-corrected chi connectivity index (χ4v) is 5.50. The number of rotatable bonds is 4. The third kappa shape index (κ3) is 3.48. The zero-order chi connectivity index (χ0) is 20.7. The van der Waals surface area contributed by atoms with Crippen molar-refractivity contribution in [2.24, 2.45) is 4.99 Å². The quantitative estimate of drug-likeness (QED) is 0.552. The number of thioether (sulfide) groups is 1. The number of methoxy groups -OCH3 is 1. The zero-order valence-corrected chi connectivity index (χ0v) is 18.4. The number of fused-ring (bicyclic) bond motifs is 1. The second-order valence-electron chi connectivity index (χ2n) is 6.69. The number of aliphatic imine (C=N–C) groups is 1. The number of carbonyl (C=O) groups is 1.